The van der Waals surface area contributed by atoms with Crippen LogP contribution in [0.1, 0.15) is 16.6 Å². The van der Waals surface area contributed by atoms with Gasteiger partial charge in [0.15, 0.2) is 5.13 Å². The van der Waals surface area contributed by atoms with Crippen LogP contribution in [0.2, 0.25) is 5.02 Å². The molecular formula is C22H20ClN3O2S2. The van der Waals surface area contributed by atoms with Gasteiger partial charge in [0.25, 0.3) is 0 Å². The second-order valence-corrected chi connectivity index (χ2v) is 9.62. The highest BCUT2D eigenvalue weighted by Gasteiger charge is 2.21. The number of carbonyl (C=O) groups is 1. The number of esters is 1. The molecule has 154 valence electrons. The van der Waals surface area contributed by atoms with Gasteiger partial charge in [-0.25, -0.2) is 9.78 Å². The molecule has 2 aromatic carbocycles. The van der Waals surface area contributed by atoms with Crippen molar-refractivity contribution in [3.05, 3.63) is 52.4 Å². The van der Waals surface area contributed by atoms with Crippen molar-refractivity contribution in [1.82, 2.24) is 9.88 Å². The van der Waals surface area contributed by atoms with Gasteiger partial charge in [-0.1, -0.05) is 48.1 Å². The van der Waals surface area contributed by atoms with Crippen LogP contribution in [0.25, 0.3) is 20.3 Å². The van der Waals surface area contributed by atoms with Gasteiger partial charge in [0.1, 0.15) is 10.6 Å². The Morgan fingerprint density at radius 1 is 1.10 bits per heavy atom. The number of likely N-dealkylation sites (N-methyl/N-ethyl adjacent to an activating group) is 1. The van der Waals surface area contributed by atoms with Crippen molar-refractivity contribution >= 4 is 65.7 Å². The highest BCUT2D eigenvalue weighted by atomic mass is 35.5. The van der Waals surface area contributed by atoms with Crippen LogP contribution in [0, 0.1) is 0 Å². The predicted molar refractivity (Wildman–Crippen MR) is 126 cm³/mol. The monoisotopic (exact) mass is 457 g/mol. The topological polar surface area (TPSA) is 45.7 Å². The Morgan fingerprint density at radius 2 is 1.90 bits per heavy atom. The number of halogens is 1. The number of thiophene rings is 1. The van der Waals surface area contributed by atoms with Crippen LogP contribution >= 0.6 is 34.3 Å². The first kappa shape index (κ1) is 19.8. The molecule has 1 aliphatic rings. The van der Waals surface area contributed by atoms with Gasteiger partial charge in [-0.15, -0.1) is 11.3 Å². The van der Waals surface area contributed by atoms with Gasteiger partial charge in [-0.05, 0) is 24.7 Å². The summed E-state index contributed by atoms with van der Waals surface area (Å²) in [6.45, 7) is 7.38. The minimum absolute atomic E-state index is 0.428. The van der Waals surface area contributed by atoms with Gasteiger partial charge in [0, 0.05) is 42.3 Å². The number of hydrogen-bond acceptors (Lipinski definition) is 7. The minimum Gasteiger partial charge on any atom is -0.422 e. The Morgan fingerprint density at radius 3 is 2.67 bits per heavy atom. The Labute approximate surface area is 187 Å². The summed E-state index contributed by atoms with van der Waals surface area (Å²) in [6, 6.07) is 13.3. The first-order valence-electron chi connectivity index (χ1n) is 9.89. The smallest absolute Gasteiger partial charge is 0.355 e. The van der Waals surface area contributed by atoms with E-state index in [4.69, 9.17) is 21.3 Å². The number of rotatable bonds is 4. The van der Waals surface area contributed by atoms with Crippen LogP contribution in [0.3, 0.4) is 0 Å². The molecule has 0 radical (unpaired) electrons. The van der Waals surface area contributed by atoms with E-state index in [0.717, 1.165) is 58.2 Å². The number of hydrogen-bond donors (Lipinski definition) is 0. The zero-order valence-corrected chi connectivity index (χ0v) is 18.8. The summed E-state index contributed by atoms with van der Waals surface area (Å²) in [5, 5.41) is 2.35. The summed E-state index contributed by atoms with van der Waals surface area (Å²) in [7, 11) is 0. The molecule has 8 heteroatoms. The third kappa shape index (κ3) is 3.67. The van der Waals surface area contributed by atoms with E-state index in [0.29, 0.717) is 15.6 Å². The number of anilines is 1. The second kappa shape index (κ2) is 8.15. The van der Waals surface area contributed by atoms with Gasteiger partial charge < -0.3 is 14.5 Å². The summed E-state index contributed by atoms with van der Waals surface area (Å²) in [6.07, 6.45) is 0. The molecule has 0 bridgehead atoms. The lowest BCUT2D eigenvalue weighted by Gasteiger charge is -2.33. The third-order valence-corrected chi connectivity index (χ3v) is 8.10. The SMILES string of the molecule is CCN1CCN(c2nc3ccc(OC(=O)c4sc5ccccc5c4Cl)cc3s2)CC1. The van der Waals surface area contributed by atoms with E-state index in [1.54, 1.807) is 17.4 Å². The molecule has 5 rings (SSSR count). The Bertz CT molecular complexity index is 1230. The quantitative estimate of drug-likeness (QED) is 0.298. The van der Waals surface area contributed by atoms with E-state index in [9.17, 15) is 4.79 Å². The van der Waals surface area contributed by atoms with Gasteiger partial charge >= 0.3 is 5.97 Å². The van der Waals surface area contributed by atoms with Crippen LogP contribution in [0.15, 0.2) is 42.5 Å². The summed E-state index contributed by atoms with van der Waals surface area (Å²) in [5.74, 6) is 0.0769. The van der Waals surface area contributed by atoms with E-state index in [1.165, 1.54) is 11.3 Å². The highest BCUT2D eigenvalue weighted by Crippen LogP contribution is 2.36. The number of nitrogens with zero attached hydrogens (tertiary/aromatic N) is 3. The van der Waals surface area contributed by atoms with Crippen molar-refractivity contribution in [1.29, 1.82) is 0 Å². The fourth-order valence-corrected chi connectivity index (χ4v) is 6.08. The fraction of sp³-hybridized carbons (Fsp3) is 0.273. The van der Waals surface area contributed by atoms with Crippen LogP contribution in [0.4, 0.5) is 5.13 Å². The van der Waals surface area contributed by atoms with Gasteiger partial charge in [0.05, 0.1) is 15.2 Å². The number of thiazole rings is 1. The maximum absolute atomic E-state index is 12.7. The molecule has 0 amide bonds. The Balaban J connectivity index is 1.36. The molecule has 1 aliphatic heterocycles. The van der Waals surface area contributed by atoms with Crippen LogP contribution in [-0.2, 0) is 0 Å². The molecule has 2 aromatic heterocycles. The number of ether oxygens (including phenoxy) is 1. The normalized spacial score (nSPS) is 15.2. The van der Waals surface area contributed by atoms with Crippen LogP contribution in [0.5, 0.6) is 5.75 Å². The molecule has 0 atom stereocenters. The summed E-state index contributed by atoms with van der Waals surface area (Å²) >= 11 is 9.41. The zero-order chi connectivity index (χ0) is 20.7. The highest BCUT2D eigenvalue weighted by molar-refractivity contribution is 7.22. The van der Waals surface area contributed by atoms with E-state index in [1.807, 2.05) is 36.4 Å². The number of aromatic nitrogens is 1. The summed E-state index contributed by atoms with van der Waals surface area (Å²) < 4.78 is 7.63. The number of carbonyl (C=O) groups excluding carboxylic acids is 1. The average Bonchev–Trinajstić information content (AvgIpc) is 3.35. The zero-order valence-electron chi connectivity index (χ0n) is 16.4. The van der Waals surface area contributed by atoms with Crippen molar-refractivity contribution in [2.45, 2.75) is 6.92 Å². The number of fused-ring (bicyclic) bond motifs is 2. The summed E-state index contributed by atoms with van der Waals surface area (Å²) in [4.78, 5) is 22.7. The first-order chi connectivity index (χ1) is 14.6. The predicted octanol–water partition coefficient (Wildman–Crippen LogP) is 5.53. The lowest BCUT2D eigenvalue weighted by molar-refractivity contribution is 0.0740. The molecule has 0 aliphatic carbocycles. The van der Waals surface area contributed by atoms with Crippen LogP contribution < -0.4 is 9.64 Å². The summed E-state index contributed by atoms with van der Waals surface area (Å²) in [5.41, 5.74) is 0.924. The molecule has 0 saturated carbocycles. The lowest BCUT2D eigenvalue weighted by atomic mass is 10.2. The molecule has 5 nitrogen and oxygen atoms in total. The molecular weight excluding hydrogens is 438 g/mol. The number of piperazine rings is 1. The molecule has 30 heavy (non-hydrogen) atoms. The van der Waals surface area contributed by atoms with Crippen molar-refractivity contribution in [3.8, 4) is 5.75 Å². The van der Waals surface area contributed by atoms with Gasteiger partial charge in [-0.2, -0.15) is 0 Å². The molecule has 4 aromatic rings. The molecule has 1 saturated heterocycles. The first-order valence-corrected chi connectivity index (χ1v) is 11.9. The fourth-order valence-electron chi connectivity index (χ4n) is 3.65. The Hall–Kier alpha value is -2.19. The molecule has 0 N–H and O–H groups in total. The van der Waals surface area contributed by atoms with Crippen LogP contribution in [-0.4, -0.2) is 48.6 Å². The van der Waals surface area contributed by atoms with Gasteiger partial charge in [-0.3, -0.25) is 0 Å². The average molecular weight is 458 g/mol. The van der Waals surface area contributed by atoms with Crippen molar-refractivity contribution in [3.63, 3.8) is 0 Å². The molecule has 1 fully saturated rings. The Kier molecular flexibility index (Phi) is 5.37. The van der Waals surface area contributed by atoms with E-state index in [2.05, 4.69) is 16.7 Å². The number of benzene rings is 2. The lowest BCUT2D eigenvalue weighted by Crippen LogP contribution is -2.46. The molecule has 0 unspecified atom stereocenters. The van der Waals surface area contributed by atoms with Crippen molar-refractivity contribution < 1.29 is 9.53 Å². The minimum atomic E-state index is -0.430. The maximum Gasteiger partial charge on any atom is 0.355 e. The standard InChI is InChI=1S/C22H20ClN3O2S2/c1-2-25-9-11-26(12-10-25)22-24-16-8-7-14(13-18(16)30-22)28-21(27)20-19(23)15-5-3-4-6-17(15)29-20/h3-8,13H,2,9-12H2,1H3. The maximum atomic E-state index is 12.7. The van der Waals surface area contributed by atoms with Gasteiger partial charge in [0.2, 0.25) is 0 Å². The van der Waals surface area contributed by atoms with E-state index in [-0.39, 0.29) is 0 Å². The molecule has 3 heterocycles. The third-order valence-electron chi connectivity index (χ3n) is 5.37. The van der Waals surface area contributed by atoms with E-state index >= 15 is 0 Å². The van der Waals surface area contributed by atoms with Crippen molar-refractivity contribution in [2.75, 3.05) is 37.6 Å². The molecule has 0 spiro atoms. The van der Waals surface area contributed by atoms with Crippen molar-refractivity contribution in [2.24, 2.45) is 0 Å². The second-order valence-electron chi connectivity index (χ2n) is 7.18. The largest absolute Gasteiger partial charge is 0.422 e. The van der Waals surface area contributed by atoms with E-state index < -0.39 is 5.97 Å².